The minimum absolute atomic E-state index is 0.111. The van der Waals surface area contributed by atoms with Crippen molar-refractivity contribution in [3.8, 4) is 0 Å². The zero-order chi connectivity index (χ0) is 24.7. The molecule has 31 heavy (non-hydrogen) atoms. The van der Waals surface area contributed by atoms with E-state index in [1.54, 1.807) is 20.9 Å². The lowest BCUT2D eigenvalue weighted by Crippen LogP contribution is -2.34. The maximum Gasteiger partial charge on any atom is 0.410 e. The zero-order valence-electron chi connectivity index (χ0n) is 20.7. The summed E-state index contributed by atoms with van der Waals surface area (Å²) >= 11 is 2.59. The Morgan fingerprint density at radius 1 is 0.742 bits per heavy atom. The molecule has 0 spiro atoms. The first-order valence-electron chi connectivity index (χ1n) is 10.5. The number of amides is 1. The Morgan fingerprint density at radius 2 is 1.19 bits per heavy atom. The van der Waals surface area contributed by atoms with E-state index in [-0.39, 0.29) is 22.3 Å². The van der Waals surface area contributed by atoms with Crippen molar-refractivity contribution >= 4 is 45.8 Å². The van der Waals surface area contributed by atoms with Crippen molar-refractivity contribution in [1.82, 2.24) is 4.90 Å². The van der Waals surface area contributed by atoms with E-state index >= 15 is 0 Å². The molecule has 0 rings (SSSR count). The van der Waals surface area contributed by atoms with Crippen LogP contribution in [0.4, 0.5) is 4.79 Å². The summed E-state index contributed by atoms with van der Waals surface area (Å²) in [5.41, 5.74) is -0.856. The summed E-state index contributed by atoms with van der Waals surface area (Å²) in [7, 11) is 1.70. The molecule has 1 amide bonds. The van der Waals surface area contributed by atoms with E-state index in [1.165, 1.54) is 28.4 Å². The van der Waals surface area contributed by atoms with Crippen LogP contribution in [0.25, 0.3) is 0 Å². The van der Waals surface area contributed by atoms with E-state index in [2.05, 4.69) is 0 Å². The number of hydrogen-bond acceptors (Lipinski definition) is 8. The van der Waals surface area contributed by atoms with E-state index in [9.17, 15) is 19.2 Å². The molecule has 0 aromatic rings. The molecule has 0 aliphatic carbocycles. The molecule has 0 heterocycles. The molecule has 0 saturated carbocycles. The van der Waals surface area contributed by atoms with Crippen molar-refractivity contribution in [2.24, 2.45) is 0 Å². The van der Waals surface area contributed by atoms with Gasteiger partial charge in [-0.25, -0.2) is 4.79 Å². The summed E-state index contributed by atoms with van der Waals surface area (Å²) in [6, 6.07) is 0. The fourth-order valence-corrected chi connectivity index (χ4v) is 3.13. The number of hydrogen-bond donors (Lipinski definition) is 0. The van der Waals surface area contributed by atoms with E-state index in [0.29, 0.717) is 13.0 Å². The molecule has 7 nitrogen and oxygen atoms in total. The van der Waals surface area contributed by atoms with Crippen LogP contribution < -0.4 is 0 Å². The molecule has 0 bridgehead atoms. The number of ether oxygens (including phenoxy) is 2. The summed E-state index contributed by atoms with van der Waals surface area (Å²) < 4.78 is 10.3. The highest BCUT2D eigenvalue weighted by Gasteiger charge is 2.19. The van der Waals surface area contributed by atoms with Crippen LogP contribution in [0.3, 0.4) is 0 Å². The van der Waals surface area contributed by atoms with Gasteiger partial charge in [0.1, 0.15) is 11.2 Å². The van der Waals surface area contributed by atoms with Gasteiger partial charge in [0.25, 0.3) is 0 Å². The third-order valence-electron chi connectivity index (χ3n) is 3.15. The van der Waals surface area contributed by atoms with Crippen molar-refractivity contribution in [3.63, 3.8) is 0 Å². The van der Waals surface area contributed by atoms with Crippen molar-refractivity contribution < 1.29 is 28.7 Å². The molecule has 9 heteroatoms. The number of carbonyl (C=O) groups is 4. The molecule has 0 atom stereocenters. The Bertz CT molecular complexity index is 567. The summed E-state index contributed by atoms with van der Waals surface area (Å²) in [5.74, 6) is 1.37. The van der Waals surface area contributed by atoms with Gasteiger partial charge in [-0.15, -0.1) is 0 Å². The smallest absolute Gasteiger partial charge is 0.410 e. The van der Waals surface area contributed by atoms with E-state index in [4.69, 9.17) is 9.47 Å². The predicted molar refractivity (Wildman–Crippen MR) is 129 cm³/mol. The van der Waals surface area contributed by atoms with Crippen LogP contribution in [-0.4, -0.2) is 63.5 Å². The lowest BCUT2D eigenvalue weighted by atomic mass is 10.2. The van der Waals surface area contributed by atoms with Gasteiger partial charge in [-0.2, -0.15) is 0 Å². The molecule has 0 aliphatic rings. The average molecular weight is 480 g/mol. The molecule has 0 aromatic carbocycles. The van der Waals surface area contributed by atoms with Crippen LogP contribution in [0, 0.1) is 0 Å². The van der Waals surface area contributed by atoms with Crippen LogP contribution in [0.2, 0.25) is 0 Å². The minimum atomic E-state index is -0.459. The van der Waals surface area contributed by atoms with Crippen LogP contribution in [0.1, 0.15) is 81.1 Å². The summed E-state index contributed by atoms with van der Waals surface area (Å²) in [4.78, 5) is 45.6. The molecule has 0 radical (unpaired) electrons. The van der Waals surface area contributed by atoms with Crippen molar-refractivity contribution in [1.29, 1.82) is 0 Å². The molecule has 0 N–H and O–H groups in total. The van der Waals surface area contributed by atoms with Gasteiger partial charge >= 0.3 is 12.1 Å². The lowest BCUT2D eigenvalue weighted by molar-refractivity contribution is -0.154. The number of esters is 1. The normalized spacial score (nSPS) is 11.1. The molecular formula is C22H41NO6S2. The summed E-state index contributed by atoms with van der Waals surface area (Å²) in [6.07, 6.45) is 2.58. The number of nitrogens with zero attached hydrogens (tertiary/aromatic N) is 1. The Balaban J connectivity index is 0. The van der Waals surface area contributed by atoms with Gasteiger partial charge in [-0.3, -0.25) is 14.4 Å². The third kappa shape index (κ3) is 26.7. The molecule has 0 aliphatic heterocycles. The van der Waals surface area contributed by atoms with Crippen LogP contribution in [-0.2, 0) is 23.9 Å². The highest BCUT2D eigenvalue weighted by Crippen LogP contribution is 2.12. The number of unbranched alkanes of at least 4 members (excludes halogenated alkanes) is 1. The molecule has 0 aromatic heterocycles. The first kappa shape index (κ1) is 32.0. The first-order valence-corrected chi connectivity index (χ1v) is 12.4. The summed E-state index contributed by atoms with van der Waals surface area (Å²) in [6.45, 7) is 14.8. The molecule has 0 fully saturated rings. The molecule has 0 saturated heterocycles. The standard InChI is InChI=1S/C11H21NO3S.C11H20O3S/c1-9(13)16-8-6-7-12(5)10(14)15-11(2,3)4;1-9(12)15-8-6-5-7-10(13)14-11(2,3)4/h6-8H2,1-5H3;5-8H2,1-4H3. The maximum atomic E-state index is 11.5. The average Bonchev–Trinajstić information content (AvgIpc) is 2.55. The number of carbonyl (C=O) groups excluding carboxylic acids is 4. The predicted octanol–water partition coefficient (Wildman–Crippen LogP) is 5.30. The Kier molecular flexibility index (Phi) is 16.9. The fraction of sp³-hybridized carbons (Fsp3) is 0.818. The number of thioether (sulfide) groups is 2. The fourth-order valence-electron chi connectivity index (χ4n) is 1.93. The van der Waals surface area contributed by atoms with Gasteiger partial charge < -0.3 is 14.4 Å². The Hall–Kier alpha value is -1.22. The Labute approximate surface area is 196 Å². The van der Waals surface area contributed by atoms with Gasteiger partial charge in [-0.05, 0) is 60.8 Å². The van der Waals surface area contributed by atoms with Crippen molar-refractivity contribution in [2.45, 2.75) is 92.3 Å². The second-order valence-electron chi connectivity index (χ2n) is 8.98. The van der Waals surface area contributed by atoms with Crippen molar-refractivity contribution in [2.75, 3.05) is 25.1 Å². The third-order valence-corrected chi connectivity index (χ3v) is 4.95. The van der Waals surface area contributed by atoms with Gasteiger partial charge in [0.05, 0.1) is 0 Å². The van der Waals surface area contributed by atoms with E-state index in [1.807, 2.05) is 41.5 Å². The van der Waals surface area contributed by atoms with Gasteiger partial charge in [0.15, 0.2) is 10.2 Å². The second kappa shape index (κ2) is 16.4. The van der Waals surface area contributed by atoms with Gasteiger partial charge in [-0.1, -0.05) is 23.5 Å². The minimum Gasteiger partial charge on any atom is -0.460 e. The molecule has 0 unspecified atom stereocenters. The van der Waals surface area contributed by atoms with Gasteiger partial charge in [0.2, 0.25) is 0 Å². The highest BCUT2D eigenvalue weighted by atomic mass is 32.2. The highest BCUT2D eigenvalue weighted by molar-refractivity contribution is 8.13. The van der Waals surface area contributed by atoms with Crippen LogP contribution in [0.15, 0.2) is 0 Å². The van der Waals surface area contributed by atoms with Crippen LogP contribution >= 0.6 is 23.5 Å². The van der Waals surface area contributed by atoms with Crippen LogP contribution in [0.5, 0.6) is 0 Å². The lowest BCUT2D eigenvalue weighted by Gasteiger charge is -2.24. The quantitative estimate of drug-likeness (QED) is 0.325. The van der Waals surface area contributed by atoms with E-state index < -0.39 is 11.2 Å². The maximum absolute atomic E-state index is 11.5. The topological polar surface area (TPSA) is 90.0 Å². The monoisotopic (exact) mass is 479 g/mol. The second-order valence-corrected chi connectivity index (χ2v) is 11.5. The molecule has 182 valence electrons. The molecular weight excluding hydrogens is 438 g/mol. The Morgan fingerprint density at radius 3 is 1.61 bits per heavy atom. The number of rotatable bonds is 9. The van der Waals surface area contributed by atoms with Gasteiger partial charge in [0, 0.05) is 45.4 Å². The zero-order valence-corrected chi connectivity index (χ0v) is 22.3. The first-order chi connectivity index (χ1) is 14.0. The largest absolute Gasteiger partial charge is 0.460 e. The SMILES string of the molecule is CC(=O)SCCCCC(=O)OC(C)(C)C.CC(=O)SCCCN(C)C(=O)OC(C)(C)C. The summed E-state index contributed by atoms with van der Waals surface area (Å²) in [5, 5.41) is 0.243. The van der Waals surface area contributed by atoms with Crippen molar-refractivity contribution in [3.05, 3.63) is 0 Å². The van der Waals surface area contributed by atoms with E-state index in [0.717, 1.165) is 30.8 Å².